The molecule has 0 saturated heterocycles. The average molecular weight is 395 g/mol. The molecule has 28 heavy (non-hydrogen) atoms. The number of hydrogen-bond acceptors (Lipinski definition) is 3. The fourth-order valence-electron chi connectivity index (χ4n) is 3.14. The molecular formula is C22H18FNO3S. The van der Waals surface area contributed by atoms with Crippen LogP contribution in [0.5, 0.6) is 5.75 Å². The van der Waals surface area contributed by atoms with Gasteiger partial charge in [-0.2, -0.15) is 0 Å². The summed E-state index contributed by atoms with van der Waals surface area (Å²) in [6.07, 6.45) is 0.650. The summed E-state index contributed by atoms with van der Waals surface area (Å²) in [7, 11) is -3.76. The Balaban J connectivity index is 1.74. The number of benzene rings is 3. The van der Waals surface area contributed by atoms with Gasteiger partial charge in [0.25, 0.3) is 10.0 Å². The fraction of sp³-hybridized carbons (Fsp3) is 0.0909. The van der Waals surface area contributed by atoms with E-state index < -0.39 is 21.9 Å². The van der Waals surface area contributed by atoms with E-state index in [-0.39, 0.29) is 4.90 Å². The Morgan fingerprint density at radius 1 is 0.964 bits per heavy atom. The van der Waals surface area contributed by atoms with E-state index in [2.05, 4.69) is 4.72 Å². The third-order valence-electron chi connectivity index (χ3n) is 4.61. The van der Waals surface area contributed by atoms with Gasteiger partial charge in [-0.25, -0.2) is 12.8 Å². The molecule has 1 unspecified atom stereocenters. The molecule has 0 spiro atoms. The summed E-state index contributed by atoms with van der Waals surface area (Å²) in [5.41, 5.74) is 2.59. The predicted octanol–water partition coefficient (Wildman–Crippen LogP) is 4.59. The zero-order valence-corrected chi connectivity index (χ0v) is 15.9. The molecule has 3 aromatic carbocycles. The van der Waals surface area contributed by atoms with Gasteiger partial charge in [0.15, 0.2) is 6.10 Å². The van der Waals surface area contributed by atoms with Crippen LogP contribution in [-0.2, 0) is 10.0 Å². The molecule has 4 nitrogen and oxygen atoms in total. The minimum Gasteiger partial charge on any atom is -0.480 e. The van der Waals surface area contributed by atoms with E-state index in [0.717, 1.165) is 11.1 Å². The van der Waals surface area contributed by atoms with Gasteiger partial charge in [0.05, 0.1) is 4.90 Å². The van der Waals surface area contributed by atoms with Crippen molar-refractivity contribution in [3.63, 3.8) is 0 Å². The summed E-state index contributed by atoms with van der Waals surface area (Å²) in [6.45, 7) is 1.89. The van der Waals surface area contributed by atoms with Crippen LogP contribution in [-0.4, -0.2) is 8.42 Å². The molecular weight excluding hydrogens is 377 g/mol. The van der Waals surface area contributed by atoms with Crippen LogP contribution >= 0.6 is 0 Å². The summed E-state index contributed by atoms with van der Waals surface area (Å²) in [4.78, 5) is 0.157. The first-order valence-corrected chi connectivity index (χ1v) is 10.2. The highest BCUT2D eigenvalue weighted by Crippen LogP contribution is 2.45. The molecule has 0 amide bonds. The van der Waals surface area contributed by atoms with Crippen molar-refractivity contribution in [1.29, 1.82) is 0 Å². The Labute approximate surface area is 163 Å². The number of fused-ring (bicyclic) bond motifs is 1. The van der Waals surface area contributed by atoms with Crippen LogP contribution in [0.3, 0.4) is 0 Å². The van der Waals surface area contributed by atoms with Crippen molar-refractivity contribution in [3.05, 3.63) is 102 Å². The molecule has 1 atom stereocenters. The smallest absolute Gasteiger partial charge is 0.261 e. The number of rotatable bonds is 4. The molecule has 1 aliphatic heterocycles. The monoisotopic (exact) mass is 395 g/mol. The Hall–Kier alpha value is -3.12. The first-order chi connectivity index (χ1) is 13.5. The van der Waals surface area contributed by atoms with Crippen molar-refractivity contribution >= 4 is 15.6 Å². The van der Waals surface area contributed by atoms with Crippen molar-refractivity contribution in [1.82, 2.24) is 4.72 Å². The minimum atomic E-state index is -3.76. The van der Waals surface area contributed by atoms with E-state index in [1.165, 1.54) is 12.3 Å². The molecule has 0 radical (unpaired) electrons. The molecule has 1 aliphatic rings. The Kier molecular flexibility index (Phi) is 4.65. The first kappa shape index (κ1) is 18.3. The topological polar surface area (TPSA) is 55.4 Å². The van der Waals surface area contributed by atoms with Gasteiger partial charge in [0.2, 0.25) is 0 Å². The first-order valence-electron chi connectivity index (χ1n) is 8.75. The lowest BCUT2D eigenvalue weighted by Crippen LogP contribution is -2.19. The van der Waals surface area contributed by atoms with Crippen molar-refractivity contribution < 1.29 is 17.5 Å². The van der Waals surface area contributed by atoms with Crippen LogP contribution in [0.15, 0.2) is 83.9 Å². The van der Waals surface area contributed by atoms with E-state index in [1.54, 1.807) is 48.5 Å². The highest BCUT2D eigenvalue weighted by molar-refractivity contribution is 7.89. The summed E-state index contributed by atoms with van der Waals surface area (Å²) in [6, 6.07) is 20.1. The van der Waals surface area contributed by atoms with Crippen LogP contribution in [0.4, 0.5) is 4.39 Å². The van der Waals surface area contributed by atoms with Gasteiger partial charge in [-0.1, -0.05) is 54.1 Å². The molecule has 4 rings (SSSR count). The van der Waals surface area contributed by atoms with Crippen LogP contribution in [0, 0.1) is 12.7 Å². The second-order valence-corrected chi connectivity index (χ2v) is 8.26. The summed E-state index contributed by atoms with van der Waals surface area (Å²) >= 11 is 0. The van der Waals surface area contributed by atoms with Crippen molar-refractivity contribution in [2.45, 2.75) is 17.9 Å². The molecule has 1 heterocycles. The number of halogens is 1. The van der Waals surface area contributed by atoms with Crippen LogP contribution in [0.2, 0.25) is 0 Å². The van der Waals surface area contributed by atoms with Crippen molar-refractivity contribution in [2.24, 2.45) is 0 Å². The lowest BCUT2D eigenvalue weighted by molar-refractivity contribution is 0.276. The van der Waals surface area contributed by atoms with E-state index in [9.17, 15) is 12.8 Å². The number of ether oxygens (including phenoxy) is 1. The zero-order chi connectivity index (χ0) is 19.7. The third kappa shape index (κ3) is 3.39. The maximum Gasteiger partial charge on any atom is 0.261 e. The molecule has 0 aromatic heterocycles. The molecule has 1 N–H and O–H groups in total. The van der Waals surface area contributed by atoms with E-state index >= 15 is 0 Å². The van der Waals surface area contributed by atoms with Crippen LogP contribution in [0.1, 0.15) is 22.8 Å². The molecule has 0 bridgehead atoms. The van der Waals surface area contributed by atoms with Crippen molar-refractivity contribution in [2.75, 3.05) is 0 Å². The molecule has 0 fully saturated rings. The summed E-state index contributed by atoms with van der Waals surface area (Å²) in [5, 5.41) is 0. The lowest BCUT2D eigenvalue weighted by Gasteiger charge is -2.14. The van der Waals surface area contributed by atoms with Gasteiger partial charge in [0.1, 0.15) is 11.6 Å². The standard InChI is InChI=1S/C22H18FNO3S/c1-15-10-12-16(13-11-15)28(25,26)24-14-19-17-6-3-5-9-21(17)27-22(19)18-7-2-4-8-20(18)23/h2-14,22,24H,1H3/b19-14+. The van der Waals surface area contributed by atoms with Crippen LogP contribution < -0.4 is 9.46 Å². The van der Waals surface area contributed by atoms with Crippen LogP contribution in [0.25, 0.3) is 5.57 Å². The predicted molar refractivity (Wildman–Crippen MR) is 106 cm³/mol. The molecule has 6 heteroatoms. The fourth-order valence-corrected chi connectivity index (χ4v) is 4.05. The summed E-state index contributed by atoms with van der Waals surface area (Å²) < 4.78 is 48.1. The molecule has 3 aromatic rings. The van der Waals surface area contributed by atoms with Gasteiger partial charge >= 0.3 is 0 Å². The Morgan fingerprint density at radius 3 is 2.39 bits per heavy atom. The SMILES string of the molecule is Cc1ccc(S(=O)(=O)N/C=C2\c3ccccc3OC2c2ccccc2F)cc1. The van der Waals surface area contributed by atoms with Gasteiger partial charge in [-0.3, -0.25) is 4.72 Å². The molecule has 0 saturated carbocycles. The quantitative estimate of drug-likeness (QED) is 0.703. The van der Waals surface area contributed by atoms with Gasteiger partial charge in [-0.15, -0.1) is 0 Å². The zero-order valence-electron chi connectivity index (χ0n) is 15.1. The summed E-state index contributed by atoms with van der Waals surface area (Å²) in [5.74, 6) is 0.170. The van der Waals surface area contributed by atoms with E-state index in [0.29, 0.717) is 16.9 Å². The second kappa shape index (κ2) is 7.13. The number of sulfonamides is 1. The Morgan fingerprint density at radius 2 is 1.64 bits per heavy atom. The van der Waals surface area contributed by atoms with Gasteiger partial charge in [0, 0.05) is 22.9 Å². The van der Waals surface area contributed by atoms with Crippen molar-refractivity contribution in [3.8, 4) is 5.75 Å². The number of hydrogen-bond donors (Lipinski definition) is 1. The van der Waals surface area contributed by atoms with Gasteiger partial charge < -0.3 is 4.74 Å². The number of aryl methyl sites for hydroxylation is 1. The maximum atomic E-state index is 14.4. The second-order valence-electron chi connectivity index (χ2n) is 6.55. The lowest BCUT2D eigenvalue weighted by atomic mass is 9.98. The average Bonchev–Trinajstić information content (AvgIpc) is 3.05. The molecule has 0 aliphatic carbocycles. The Bertz CT molecular complexity index is 1150. The maximum absolute atomic E-state index is 14.4. The number of nitrogens with one attached hydrogen (secondary N) is 1. The third-order valence-corrected chi connectivity index (χ3v) is 5.93. The largest absolute Gasteiger partial charge is 0.480 e. The molecule has 142 valence electrons. The highest BCUT2D eigenvalue weighted by atomic mass is 32.2. The highest BCUT2D eigenvalue weighted by Gasteiger charge is 2.32. The minimum absolute atomic E-state index is 0.157. The van der Waals surface area contributed by atoms with Gasteiger partial charge in [-0.05, 0) is 31.2 Å². The normalized spacial score (nSPS) is 17.2. The number of para-hydroxylation sites is 1. The van der Waals surface area contributed by atoms with E-state index in [4.69, 9.17) is 4.74 Å². The van der Waals surface area contributed by atoms with E-state index in [1.807, 2.05) is 25.1 Å².